The Bertz CT molecular complexity index is 681. The van der Waals surface area contributed by atoms with Crippen LogP contribution in [0.4, 0.5) is 11.4 Å². The maximum atomic E-state index is 11.7. The first-order valence-electron chi connectivity index (χ1n) is 6.15. The maximum absolute atomic E-state index is 11.7. The van der Waals surface area contributed by atoms with Crippen molar-refractivity contribution in [1.82, 2.24) is 9.78 Å². The summed E-state index contributed by atoms with van der Waals surface area (Å²) in [5, 5.41) is 17.9. The SMILES string of the molecule is CCNc1ccc([N+](=O)[O-])cc1Cn1ncccc1=O. The van der Waals surface area contributed by atoms with Gasteiger partial charge in [-0.3, -0.25) is 14.9 Å². The first-order valence-corrected chi connectivity index (χ1v) is 6.15. The van der Waals surface area contributed by atoms with Crippen LogP contribution in [-0.2, 0) is 6.54 Å². The largest absolute Gasteiger partial charge is 0.385 e. The Morgan fingerprint density at radius 2 is 2.20 bits per heavy atom. The van der Waals surface area contributed by atoms with Gasteiger partial charge in [-0.1, -0.05) is 0 Å². The minimum absolute atomic E-state index is 0.00867. The molecule has 0 unspecified atom stereocenters. The Morgan fingerprint density at radius 1 is 1.40 bits per heavy atom. The van der Waals surface area contributed by atoms with Crippen LogP contribution in [0.2, 0.25) is 0 Å². The van der Waals surface area contributed by atoms with Crippen molar-refractivity contribution in [1.29, 1.82) is 0 Å². The van der Waals surface area contributed by atoms with Crippen molar-refractivity contribution in [2.24, 2.45) is 0 Å². The smallest absolute Gasteiger partial charge is 0.269 e. The lowest BCUT2D eigenvalue weighted by Crippen LogP contribution is -2.22. The second-order valence-electron chi connectivity index (χ2n) is 4.15. The van der Waals surface area contributed by atoms with Gasteiger partial charge in [0.25, 0.3) is 11.2 Å². The number of non-ortho nitro benzene ring substituents is 1. The molecule has 0 bridgehead atoms. The molecule has 20 heavy (non-hydrogen) atoms. The van der Waals surface area contributed by atoms with Gasteiger partial charge in [-0.05, 0) is 19.1 Å². The molecule has 0 saturated heterocycles. The van der Waals surface area contributed by atoms with Gasteiger partial charge in [0.15, 0.2) is 0 Å². The molecule has 7 nitrogen and oxygen atoms in total. The first-order chi connectivity index (χ1) is 9.61. The third kappa shape index (κ3) is 3.00. The normalized spacial score (nSPS) is 10.2. The molecular formula is C13H14N4O3. The predicted octanol–water partition coefficient (Wildman–Crippen LogP) is 1.63. The first kappa shape index (κ1) is 13.7. The Kier molecular flexibility index (Phi) is 4.09. The summed E-state index contributed by atoms with van der Waals surface area (Å²) in [6, 6.07) is 7.49. The van der Waals surface area contributed by atoms with Gasteiger partial charge < -0.3 is 5.32 Å². The van der Waals surface area contributed by atoms with Gasteiger partial charge in [0.05, 0.1) is 11.5 Å². The van der Waals surface area contributed by atoms with Gasteiger partial charge in [0.2, 0.25) is 0 Å². The molecule has 0 aliphatic carbocycles. The van der Waals surface area contributed by atoms with Gasteiger partial charge in [-0.2, -0.15) is 5.10 Å². The van der Waals surface area contributed by atoms with E-state index < -0.39 is 4.92 Å². The number of rotatable bonds is 5. The summed E-state index contributed by atoms with van der Waals surface area (Å²) in [5.74, 6) is 0. The number of anilines is 1. The van der Waals surface area contributed by atoms with E-state index in [9.17, 15) is 14.9 Å². The predicted molar refractivity (Wildman–Crippen MR) is 74.9 cm³/mol. The van der Waals surface area contributed by atoms with E-state index in [4.69, 9.17) is 0 Å². The van der Waals surface area contributed by atoms with E-state index >= 15 is 0 Å². The number of hydrogen-bond donors (Lipinski definition) is 1. The Hall–Kier alpha value is -2.70. The summed E-state index contributed by atoms with van der Waals surface area (Å²) in [7, 11) is 0. The molecule has 0 aliphatic rings. The average Bonchev–Trinajstić information content (AvgIpc) is 2.43. The molecule has 104 valence electrons. The van der Waals surface area contributed by atoms with Crippen molar-refractivity contribution in [3.05, 3.63) is 62.6 Å². The van der Waals surface area contributed by atoms with Crippen LogP contribution >= 0.6 is 0 Å². The minimum atomic E-state index is -0.458. The fourth-order valence-corrected chi connectivity index (χ4v) is 1.85. The van der Waals surface area contributed by atoms with E-state index in [0.29, 0.717) is 12.1 Å². The molecule has 0 spiro atoms. The Morgan fingerprint density at radius 3 is 2.85 bits per heavy atom. The standard InChI is InChI=1S/C13H14N4O3/c1-2-14-12-6-5-11(17(19)20)8-10(12)9-16-13(18)4-3-7-15-16/h3-8,14H,2,9H2,1H3. The minimum Gasteiger partial charge on any atom is -0.385 e. The molecule has 0 fully saturated rings. The Balaban J connectivity index is 2.42. The highest BCUT2D eigenvalue weighted by Crippen LogP contribution is 2.22. The highest BCUT2D eigenvalue weighted by molar-refractivity contribution is 5.56. The molecule has 0 saturated carbocycles. The zero-order valence-electron chi connectivity index (χ0n) is 10.9. The topological polar surface area (TPSA) is 90.1 Å². The third-order valence-electron chi connectivity index (χ3n) is 2.77. The number of hydrogen-bond acceptors (Lipinski definition) is 5. The zero-order chi connectivity index (χ0) is 14.5. The van der Waals surface area contributed by atoms with Crippen LogP contribution in [0.15, 0.2) is 41.3 Å². The van der Waals surface area contributed by atoms with E-state index in [1.54, 1.807) is 12.1 Å². The molecule has 0 atom stereocenters. The molecule has 0 amide bonds. The van der Waals surface area contributed by atoms with Crippen molar-refractivity contribution < 1.29 is 4.92 Å². The van der Waals surface area contributed by atoms with E-state index in [1.165, 1.54) is 29.1 Å². The van der Waals surface area contributed by atoms with Crippen LogP contribution in [0.25, 0.3) is 0 Å². The second-order valence-corrected chi connectivity index (χ2v) is 4.15. The molecule has 2 rings (SSSR count). The molecule has 1 N–H and O–H groups in total. The molecule has 2 aromatic rings. The highest BCUT2D eigenvalue weighted by atomic mass is 16.6. The lowest BCUT2D eigenvalue weighted by atomic mass is 10.1. The van der Waals surface area contributed by atoms with Crippen LogP contribution in [-0.4, -0.2) is 21.2 Å². The summed E-state index contributed by atoms with van der Waals surface area (Å²) in [5.41, 5.74) is 1.16. The third-order valence-corrected chi connectivity index (χ3v) is 2.77. The van der Waals surface area contributed by atoms with Crippen molar-refractivity contribution in [3.8, 4) is 0 Å². The van der Waals surface area contributed by atoms with E-state index in [-0.39, 0.29) is 17.8 Å². The number of nitrogens with one attached hydrogen (secondary N) is 1. The number of nitro benzene ring substituents is 1. The van der Waals surface area contributed by atoms with Gasteiger partial charge in [0.1, 0.15) is 0 Å². The molecule has 0 aliphatic heterocycles. The number of nitro groups is 1. The number of aromatic nitrogens is 2. The Labute approximate surface area is 115 Å². The molecule has 7 heteroatoms. The van der Waals surface area contributed by atoms with Gasteiger partial charge >= 0.3 is 0 Å². The average molecular weight is 274 g/mol. The van der Waals surface area contributed by atoms with Crippen molar-refractivity contribution >= 4 is 11.4 Å². The molecule has 1 aromatic carbocycles. The summed E-state index contributed by atoms with van der Waals surface area (Å²) in [6.07, 6.45) is 1.51. The summed E-state index contributed by atoms with van der Waals surface area (Å²) >= 11 is 0. The lowest BCUT2D eigenvalue weighted by Gasteiger charge is -2.11. The van der Waals surface area contributed by atoms with Gasteiger partial charge in [-0.15, -0.1) is 0 Å². The van der Waals surface area contributed by atoms with Crippen LogP contribution in [0, 0.1) is 10.1 Å². The number of nitrogens with zero attached hydrogens (tertiary/aromatic N) is 3. The summed E-state index contributed by atoms with van der Waals surface area (Å²) in [4.78, 5) is 22.0. The second kappa shape index (κ2) is 5.96. The highest BCUT2D eigenvalue weighted by Gasteiger charge is 2.11. The van der Waals surface area contributed by atoms with E-state index in [1.807, 2.05) is 6.92 Å². The molecule has 1 aromatic heterocycles. The van der Waals surface area contributed by atoms with Crippen molar-refractivity contribution in [2.45, 2.75) is 13.5 Å². The van der Waals surface area contributed by atoms with Crippen LogP contribution in [0.5, 0.6) is 0 Å². The molecule has 1 heterocycles. The van der Waals surface area contributed by atoms with Crippen LogP contribution in [0.1, 0.15) is 12.5 Å². The molecular weight excluding hydrogens is 260 g/mol. The lowest BCUT2D eigenvalue weighted by molar-refractivity contribution is -0.384. The quantitative estimate of drug-likeness (QED) is 0.661. The monoisotopic (exact) mass is 274 g/mol. The van der Waals surface area contributed by atoms with Crippen LogP contribution in [0.3, 0.4) is 0 Å². The zero-order valence-corrected chi connectivity index (χ0v) is 10.9. The van der Waals surface area contributed by atoms with Crippen molar-refractivity contribution in [3.63, 3.8) is 0 Å². The fraction of sp³-hybridized carbons (Fsp3) is 0.231. The van der Waals surface area contributed by atoms with E-state index in [2.05, 4.69) is 10.4 Å². The maximum Gasteiger partial charge on any atom is 0.269 e. The number of benzene rings is 1. The summed E-state index contributed by atoms with van der Waals surface area (Å²) < 4.78 is 1.26. The van der Waals surface area contributed by atoms with E-state index in [0.717, 1.165) is 5.69 Å². The van der Waals surface area contributed by atoms with Crippen molar-refractivity contribution in [2.75, 3.05) is 11.9 Å². The van der Waals surface area contributed by atoms with Gasteiger partial charge in [-0.25, -0.2) is 4.68 Å². The summed E-state index contributed by atoms with van der Waals surface area (Å²) in [6.45, 7) is 2.80. The molecule has 0 radical (unpaired) electrons. The van der Waals surface area contributed by atoms with Crippen LogP contribution < -0.4 is 10.9 Å². The fourth-order valence-electron chi connectivity index (χ4n) is 1.85. The van der Waals surface area contributed by atoms with Gasteiger partial charge in [0, 0.05) is 42.2 Å².